The van der Waals surface area contributed by atoms with Crippen LogP contribution in [-0.2, 0) is 11.2 Å². The first kappa shape index (κ1) is 19.5. The summed E-state index contributed by atoms with van der Waals surface area (Å²) >= 11 is 6.93. The fourth-order valence-electron chi connectivity index (χ4n) is 2.37. The third-order valence-electron chi connectivity index (χ3n) is 3.75. The van der Waals surface area contributed by atoms with E-state index in [1.807, 2.05) is 48.5 Å². The number of nitrogens with one attached hydrogen (secondary N) is 1. The van der Waals surface area contributed by atoms with Crippen LogP contribution in [0.2, 0.25) is 5.02 Å². The first-order valence-electron chi connectivity index (χ1n) is 8.54. The second-order valence-corrected chi connectivity index (χ2v) is 7.14. The zero-order valence-electron chi connectivity index (χ0n) is 14.6. The van der Waals surface area contributed by atoms with Crippen LogP contribution in [0.1, 0.15) is 15.9 Å². The molecule has 1 N–H and O–H groups in total. The standard InChI is InChI=1S/C22H19ClNO2S/c23-19-13-11-18(12-14-19)21(25)27-22(24-20-9-5-2-6-10-20)26-16-15-17-7-3-1-4-8-17/h1-14,24H,15-16H2. The summed E-state index contributed by atoms with van der Waals surface area (Å²) in [7, 11) is 0. The van der Waals surface area contributed by atoms with E-state index in [0.717, 1.165) is 23.9 Å². The van der Waals surface area contributed by atoms with Gasteiger partial charge in [0.05, 0.1) is 6.61 Å². The molecule has 0 saturated carbocycles. The number of halogens is 1. The lowest BCUT2D eigenvalue weighted by Crippen LogP contribution is -2.15. The van der Waals surface area contributed by atoms with Crippen molar-refractivity contribution in [1.82, 2.24) is 0 Å². The van der Waals surface area contributed by atoms with E-state index in [2.05, 4.69) is 17.4 Å². The summed E-state index contributed by atoms with van der Waals surface area (Å²) in [5.41, 5.74) is 3.08. The second-order valence-electron chi connectivity index (χ2n) is 5.76. The summed E-state index contributed by atoms with van der Waals surface area (Å²) in [6, 6.07) is 26.6. The molecule has 0 aromatic heterocycles. The Hall–Kier alpha value is -2.27. The Morgan fingerprint density at radius 3 is 2.19 bits per heavy atom. The molecule has 1 radical (unpaired) electrons. The average molecular weight is 397 g/mol. The Morgan fingerprint density at radius 2 is 1.52 bits per heavy atom. The topological polar surface area (TPSA) is 38.3 Å². The number of thioether (sulfide) groups is 1. The molecule has 0 spiro atoms. The Bertz CT molecular complexity index is 841. The lowest BCUT2D eigenvalue weighted by Gasteiger charge is -2.17. The summed E-state index contributed by atoms with van der Waals surface area (Å²) < 4.78 is 5.89. The lowest BCUT2D eigenvalue weighted by molar-refractivity contribution is 0.108. The summed E-state index contributed by atoms with van der Waals surface area (Å²) in [5, 5.41) is 3.68. The Kier molecular flexibility index (Phi) is 7.34. The Morgan fingerprint density at radius 1 is 0.889 bits per heavy atom. The van der Waals surface area contributed by atoms with E-state index in [1.54, 1.807) is 24.3 Å². The highest BCUT2D eigenvalue weighted by molar-refractivity contribution is 8.16. The molecule has 0 bridgehead atoms. The second kappa shape index (κ2) is 10.2. The lowest BCUT2D eigenvalue weighted by atomic mass is 10.2. The number of anilines is 1. The quantitative estimate of drug-likeness (QED) is 0.504. The highest BCUT2D eigenvalue weighted by Crippen LogP contribution is 2.27. The fraction of sp³-hybridized carbons (Fsp3) is 0.0909. The largest absolute Gasteiger partial charge is 0.344 e. The van der Waals surface area contributed by atoms with Gasteiger partial charge in [0, 0.05) is 16.3 Å². The van der Waals surface area contributed by atoms with Gasteiger partial charge >= 0.3 is 0 Å². The minimum Gasteiger partial charge on any atom is -0.344 e. The van der Waals surface area contributed by atoms with E-state index < -0.39 is 0 Å². The van der Waals surface area contributed by atoms with Crippen molar-refractivity contribution in [3.05, 3.63) is 107 Å². The van der Waals surface area contributed by atoms with Crippen LogP contribution in [0, 0.1) is 5.56 Å². The monoisotopic (exact) mass is 396 g/mol. The molecule has 137 valence electrons. The summed E-state index contributed by atoms with van der Waals surface area (Å²) in [6.07, 6.45) is 0.760. The molecule has 5 heteroatoms. The summed E-state index contributed by atoms with van der Waals surface area (Å²) in [5.74, 6) is 0. The molecule has 0 fully saturated rings. The molecular weight excluding hydrogens is 378 g/mol. The summed E-state index contributed by atoms with van der Waals surface area (Å²) in [4.78, 5) is 12.6. The van der Waals surface area contributed by atoms with Crippen molar-refractivity contribution >= 4 is 34.2 Å². The maximum Gasteiger partial charge on any atom is 0.255 e. The van der Waals surface area contributed by atoms with Gasteiger partial charge < -0.3 is 10.1 Å². The number of carbonyl (C=O) groups excluding carboxylic acids is 1. The molecule has 0 aliphatic carbocycles. The molecule has 3 rings (SSSR count). The normalized spacial score (nSPS) is 10.7. The van der Waals surface area contributed by atoms with Crippen molar-refractivity contribution in [1.29, 1.82) is 0 Å². The van der Waals surface area contributed by atoms with Gasteiger partial charge in [-0.05, 0) is 60.1 Å². The molecular formula is C22H19ClNO2S. The van der Waals surface area contributed by atoms with E-state index in [9.17, 15) is 4.79 Å². The molecule has 0 saturated heterocycles. The molecule has 3 nitrogen and oxygen atoms in total. The molecule has 3 aromatic carbocycles. The molecule has 0 unspecified atom stereocenters. The number of benzene rings is 3. The number of carbonyl (C=O) groups is 1. The maximum absolute atomic E-state index is 12.6. The first-order valence-corrected chi connectivity index (χ1v) is 9.73. The SMILES string of the molecule is O=C(S[C](Nc1ccccc1)OCCc1ccccc1)c1ccc(Cl)cc1. The highest BCUT2D eigenvalue weighted by Gasteiger charge is 2.19. The molecule has 0 aliphatic rings. The van der Waals surface area contributed by atoms with E-state index in [4.69, 9.17) is 16.3 Å². The van der Waals surface area contributed by atoms with Crippen LogP contribution in [0.3, 0.4) is 0 Å². The molecule has 27 heavy (non-hydrogen) atoms. The molecule has 0 aliphatic heterocycles. The highest BCUT2D eigenvalue weighted by atomic mass is 35.5. The zero-order chi connectivity index (χ0) is 18.9. The van der Waals surface area contributed by atoms with Gasteiger partial charge in [-0.2, -0.15) is 0 Å². The van der Waals surface area contributed by atoms with Crippen LogP contribution >= 0.6 is 23.4 Å². The van der Waals surface area contributed by atoms with E-state index >= 15 is 0 Å². The minimum absolute atomic E-state index is 0.107. The van der Waals surface area contributed by atoms with E-state index in [0.29, 0.717) is 22.8 Å². The average Bonchev–Trinajstić information content (AvgIpc) is 2.70. The molecule has 0 atom stereocenters. The van der Waals surface area contributed by atoms with Crippen molar-refractivity contribution in [3.63, 3.8) is 0 Å². The van der Waals surface area contributed by atoms with Gasteiger partial charge in [0.25, 0.3) is 5.56 Å². The van der Waals surface area contributed by atoms with Gasteiger partial charge in [0.1, 0.15) is 0 Å². The maximum atomic E-state index is 12.6. The summed E-state index contributed by atoms with van der Waals surface area (Å²) in [6.45, 7) is 0.472. The van der Waals surface area contributed by atoms with Gasteiger partial charge in [-0.15, -0.1) is 0 Å². The molecule has 0 heterocycles. The van der Waals surface area contributed by atoms with Crippen LogP contribution in [0.25, 0.3) is 0 Å². The van der Waals surface area contributed by atoms with Crippen LogP contribution in [-0.4, -0.2) is 11.7 Å². The van der Waals surface area contributed by atoms with E-state index in [-0.39, 0.29) is 5.12 Å². The van der Waals surface area contributed by atoms with Crippen LogP contribution in [0.15, 0.2) is 84.9 Å². The smallest absolute Gasteiger partial charge is 0.255 e. The van der Waals surface area contributed by atoms with E-state index in [1.165, 1.54) is 5.56 Å². The van der Waals surface area contributed by atoms with Crippen LogP contribution in [0.4, 0.5) is 5.69 Å². The Labute approximate surface area is 168 Å². The number of hydrogen-bond donors (Lipinski definition) is 1. The van der Waals surface area contributed by atoms with Crippen LogP contribution < -0.4 is 5.32 Å². The van der Waals surface area contributed by atoms with Crippen molar-refractivity contribution in [3.8, 4) is 0 Å². The zero-order valence-corrected chi connectivity index (χ0v) is 16.2. The van der Waals surface area contributed by atoms with Crippen molar-refractivity contribution in [2.75, 3.05) is 11.9 Å². The van der Waals surface area contributed by atoms with Crippen molar-refractivity contribution in [2.45, 2.75) is 6.42 Å². The van der Waals surface area contributed by atoms with Crippen molar-refractivity contribution in [2.24, 2.45) is 0 Å². The predicted octanol–water partition coefficient (Wildman–Crippen LogP) is 6.03. The van der Waals surface area contributed by atoms with Gasteiger partial charge in [0.15, 0.2) is 0 Å². The fourth-order valence-corrected chi connectivity index (χ4v) is 3.23. The minimum atomic E-state index is -0.107. The Balaban J connectivity index is 1.63. The number of ether oxygens (including phenoxy) is 1. The van der Waals surface area contributed by atoms with Crippen LogP contribution in [0.5, 0.6) is 0 Å². The first-order chi connectivity index (χ1) is 13.2. The van der Waals surface area contributed by atoms with Gasteiger partial charge in [0.2, 0.25) is 5.12 Å². The number of hydrogen-bond acceptors (Lipinski definition) is 4. The number of para-hydroxylation sites is 1. The third-order valence-corrected chi connectivity index (χ3v) is 4.83. The number of rotatable bonds is 8. The van der Waals surface area contributed by atoms with Gasteiger partial charge in [-0.25, -0.2) is 0 Å². The van der Waals surface area contributed by atoms with Gasteiger partial charge in [-0.1, -0.05) is 60.1 Å². The third kappa shape index (κ3) is 6.43. The van der Waals surface area contributed by atoms with Gasteiger partial charge in [-0.3, -0.25) is 4.79 Å². The van der Waals surface area contributed by atoms with Crippen molar-refractivity contribution < 1.29 is 9.53 Å². The molecule has 0 amide bonds. The molecule has 3 aromatic rings. The predicted molar refractivity (Wildman–Crippen MR) is 113 cm³/mol.